The molecular weight excluding hydrogens is 146 g/mol. The third-order valence-corrected chi connectivity index (χ3v) is 2.03. The van der Waals surface area contributed by atoms with Gasteiger partial charge in [-0.2, -0.15) is 0 Å². The largest absolute Gasteiger partial charge is 0.259 e. The van der Waals surface area contributed by atoms with E-state index < -0.39 is 0 Å². The van der Waals surface area contributed by atoms with E-state index in [0.29, 0.717) is 5.92 Å². The molecule has 1 atom stereocenters. The van der Waals surface area contributed by atoms with Gasteiger partial charge in [-0.25, -0.2) is 0 Å². The van der Waals surface area contributed by atoms with Crippen LogP contribution in [0, 0.1) is 5.92 Å². The summed E-state index contributed by atoms with van der Waals surface area (Å²) in [6, 6.07) is 0. The zero-order chi connectivity index (χ0) is 9.72. The SMILES string of the molecule is C=C(C)N=C(C)C(=C)C(C)CC. The Morgan fingerprint density at radius 3 is 2.17 bits per heavy atom. The average molecular weight is 165 g/mol. The minimum Gasteiger partial charge on any atom is -0.259 e. The van der Waals surface area contributed by atoms with Crippen molar-refractivity contribution < 1.29 is 0 Å². The molecule has 0 fully saturated rings. The Balaban J connectivity index is 4.39. The van der Waals surface area contributed by atoms with Crippen LogP contribution in [0.25, 0.3) is 0 Å². The number of rotatable bonds is 4. The van der Waals surface area contributed by atoms with Gasteiger partial charge in [0, 0.05) is 11.4 Å². The van der Waals surface area contributed by atoms with Gasteiger partial charge in [0.25, 0.3) is 0 Å². The van der Waals surface area contributed by atoms with Crippen LogP contribution in [-0.2, 0) is 0 Å². The fourth-order valence-corrected chi connectivity index (χ4v) is 0.961. The average Bonchev–Trinajstić information content (AvgIpc) is 2.00. The number of hydrogen-bond acceptors (Lipinski definition) is 1. The van der Waals surface area contributed by atoms with Crippen LogP contribution in [0.5, 0.6) is 0 Å². The van der Waals surface area contributed by atoms with E-state index in [0.717, 1.165) is 23.4 Å². The van der Waals surface area contributed by atoms with Crippen LogP contribution < -0.4 is 0 Å². The molecule has 0 aromatic rings. The molecule has 0 amide bonds. The van der Waals surface area contributed by atoms with Crippen LogP contribution in [-0.4, -0.2) is 5.71 Å². The predicted octanol–water partition coefficient (Wildman–Crippen LogP) is 3.58. The number of hydrogen-bond donors (Lipinski definition) is 0. The van der Waals surface area contributed by atoms with Crippen LogP contribution in [0.4, 0.5) is 0 Å². The summed E-state index contributed by atoms with van der Waals surface area (Å²) in [5, 5.41) is 0. The molecule has 1 nitrogen and oxygen atoms in total. The van der Waals surface area contributed by atoms with Gasteiger partial charge in [-0.05, 0) is 31.8 Å². The number of nitrogens with zero attached hydrogens (tertiary/aromatic N) is 1. The Bertz CT molecular complexity index is 211. The Labute approximate surface area is 75.9 Å². The van der Waals surface area contributed by atoms with Gasteiger partial charge in [-0.3, -0.25) is 4.99 Å². The van der Waals surface area contributed by atoms with Gasteiger partial charge in [0.1, 0.15) is 0 Å². The van der Waals surface area contributed by atoms with Crippen molar-refractivity contribution >= 4 is 5.71 Å². The highest BCUT2D eigenvalue weighted by Gasteiger charge is 2.06. The highest BCUT2D eigenvalue weighted by molar-refractivity contribution is 5.98. The third kappa shape index (κ3) is 3.51. The van der Waals surface area contributed by atoms with E-state index in [1.54, 1.807) is 0 Å². The summed E-state index contributed by atoms with van der Waals surface area (Å²) in [6.45, 7) is 15.9. The van der Waals surface area contributed by atoms with Crippen LogP contribution in [0.2, 0.25) is 0 Å². The molecule has 0 aliphatic rings. The van der Waals surface area contributed by atoms with E-state index >= 15 is 0 Å². The first kappa shape index (κ1) is 11.2. The summed E-state index contributed by atoms with van der Waals surface area (Å²) >= 11 is 0. The van der Waals surface area contributed by atoms with E-state index in [9.17, 15) is 0 Å². The Hall–Kier alpha value is -0.850. The highest BCUT2D eigenvalue weighted by Crippen LogP contribution is 2.14. The molecule has 68 valence electrons. The second-order valence-electron chi connectivity index (χ2n) is 3.27. The molecule has 1 unspecified atom stereocenters. The van der Waals surface area contributed by atoms with Crippen LogP contribution in [0.1, 0.15) is 34.1 Å². The molecule has 0 aromatic heterocycles. The second-order valence-corrected chi connectivity index (χ2v) is 3.27. The van der Waals surface area contributed by atoms with E-state index in [2.05, 4.69) is 32.0 Å². The molecule has 0 rings (SSSR count). The lowest BCUT2D eigenvalue weighted by molar-refractivity contribution is 0.679. The van der Waals surface area contributed by atoms with E-state index in [4.69, 9.17) is 0 Å². The Morgan fingerprint density at radius 1 is 1.33 bits per heavy atom. The standard InChI is InChI=1S/C11H19N/c1-7-9(4)10(5)11(6)12-8(2)3/h9H,2,5,7H2,1,3-4,6H3. The number of aliphatic imine (C=N–C) groups is 1. The molecule has 0 saturated heterocycles. The summed E-state index contributed by atoms with van der Waals surface area (Å²) in [4.78, 5) is 4.27. The lowest BCUT2D eigenvalue weighted by Crippen LogP contribution is -2.05. The molecule has 0 aromatic carbocycles. The van der Waals surface area contributed by atoms with Gasteiger partial charge >= 0.3 is 0 Å². The molecule has 0 aliphatic carbocycles. The predicted molar refractivity (Wildman–Crippen MR) is 56.5 cm³/mol. The quantitative estimate of drug-likeness (QED) is 0.564. The highest BCUT2D eigenvalue weighted by atomic mass is 14.7. The van der Waals surface area contributed by atoms with Crippen molar-refractivity contribution in [1.82, 2.24) is 0 Å². The van der Waals surface area contributed by atoms with Crippen LogP contribution in [0.3, 0.4) is 0 Å². The van der Waals surface area contributed by atoms with Gasteiger partial charge in [0.15, 0.2) is 0 Å². The molecule has 0 N–H and O–H groups in total. The van der Waals surface area contributed by atoms with Crippen molar-refractivity contribution in [2.45, 2.75) is 34.1 Å². The van der Waals surface area contributed by atoms with Crippen molar-refractivity contribution in [2.75, 3.05) is 0 Å². The van der Waals surface area contributed by atoms with Crippen LogP contribution >= 0.6 is 0 Å². The molecular formula is C11H19N. The van der Waals surface area contributed by atoms with Gasteiger partial charge in [-0.15, -0.1) is 0 Å². The molecule has 0 radical (unpaired) electrons. The molecule has 0 saturated carbocycles. The monoisotopic (exact) mass is 165 g/mol. The smallest absolute Gasteiger partial charge is 0.0404 e. The first-order valence-electron chi connectivity index (χ1n) is 4.39. The molecule has 0 aliphatic heterocycles. The van der Waals surface area contributed by atoms with E-state index in [-0.39, 0.29) is 0 Å². The fraction of sp³-hybridized carbons (Fsp3) is 0.545. The first-order chi connectivity index (χ1) is 5.49. The second kappa shape index (κ2) is 4.91. The minimum absolute atomic E-state index is 0.521. The molecule has 12 heavy (non-hydrogen) atoms. The van der Waals surface area contributed by atoms with Crippen molar-refractivity contribution in [3.8, 4) is 0 Å². The van der Waals surface area contributed by atoms with Crippen LogP contribution in [0.15, 0.2) is 29.4 Å². The first-order valence-corrected chi connectivity index (χ1v) is 4.39. The van der Waals surface area contributed by atoms with Gasteiger partial charge < -0.3 is 0 Å². The molecule has 0 heterocycles. The summed E-state index contributed by atoms with van der Waals surface area (Å²) in [6.07, 6.45) is 1.11. The molecule has 0 spiro atoms. The van der Waals surface area contributed by atoms with E-state index in [1.807, 2.05) is 13.8 Å². The summed E-state index contributed by atoms with van der Waals surface area (Å²) in [5.41, 5.74) is 2.98. The summed E-state index contributed by atoms with van der Waals surface area (Å²) in [5.74, 6) is 0.521. The van der Waals surface area contributed by atoms with Gasteiger partial charge in [0.2, 0.25) is 0 Å². The zero-order valence-corrected chi connectivity index (χ0v) is 8.65. The van der Waals surface area contributed by atoms with Crippen molar-refractivity contribution in [2.24, 2.45) is 10.9 Å². The number of allylic oxidation sites excluding steroid dienone is 2. The van der Waals surface area contributed by atoms with E-state index in [1.165, 1.54) is 0 Å². The summed E-state index contributed by atoms with van der Waals surface area (Å²) in [7, 11) is 0. The molecule has 1 heteroatoms. The topological polar surface area (TPSA) is 12.4 Å². The Kier molecular flexibility index (Phi) is 4.57. The maximum atomic E-state index is 4.27. The molecule has 0 bridgehead atoms. The maximum Gasteiger partial charge on any atom is 0.0404 e. The lowest BCUT2D eigenvalue weighted by Gasteiger charge is -2.11. The lowest BCUT2D eigenvalue weighted by atomic mass is 9.97. The maximum absolute atomic E-state index is 4.27. The van der Waals surface area contributed by atoms with Crippen molar-refractivity contribution in [1.29, 1.82) is 0 Å². The van der Waals surface area contributed by atoms with Gasteiger partial charge in [0.05, 0.1) is 0 Å². The fourth-order valence-electron chi connectivity index (χ4n) is 0.961. The normalized spacial score (nSPS) is 14.2. The zero-order valence-electron chi connectivity index (χ0n) is 8.65. The van der Waals surface area contributed by atoms with Crippen molar-refractivity contribution in [3.63, 3.8) is 0 Å². The van der Waals surface area contributed by atoms with Gasteiger partial charge in [-0.1, -0.05) is 27.0 Å². The Morgan fingerprint density at radius 2 is 1.83 bits per heavy atom. The van der Waals surface area contributed by atoms with Crippen molar-refractivity contribution in [3.05, 3.63) is 24.4 Å². The minimum atomic E-state index is 0.521. The summed E-state index contributed by atoms with van der Waals surface area (Å²) < 4.78 is 0. The third-order valence-electron chi connectivity index (χ3n) is 2.03.